The highest BCUT2D eigenvalue weighted by molar-refractivity contribution is 5.95. The molecule has 0 spiro atoms. The molecule has 230 valence electrons. The normalized spacial score (nSPS) is 46.7. The Hall–Kier alpha value is -1.73. The summed E-state index contributed by atoms with van der Waals surface area (Å²) in [5.41, 5.74) is -0.0497. The van der Waals surface area contributed by atoms with Gasteiger partial charge in [0.05, 0.1) is 13.2 Å². The number of nitrogens with zero attached hydrogens (tertiary/aromatic N) is 1. The lowest BCUT2D eigenvalue weighted by Crippen LogP contribution is -2.67. The van der Waals surface area contributed by atoms with E-state index in [9.17, 15) is 24.7 Å². The second-order valence-corrected chi connectivity index (χ2v) is 16.5. The Bertz CT molecular complexity index is 1160. The fraction of sp³-hybridized carbons (Fsp3) is 0.853. The van der Waals surface area contributed by atoms with Gasteiger partial charge in [-0.3, -0.25) is 19.6 Å². The number of hydrogen-bond donors (Lipinski definition) is 3. The Morgan fingerprint density at radius 1 is 0.976 bits per heavy atom. The second-order valence-electron chi connectivity index (χ2n) is 16.5. The molecule has 0 aromatic rings. The molecule has 3 N–H and O–H groups in total. The van der Waals surface area contributed by atoms with Crippen LogP contribution in [-0.4, -0.2) is 52.2 Å². The SMILES string of the molecule is CC(=O)N[C@H]1CC[C@@]2(C)C(CC[C@]3(C)[C@@H]2C(=O)C=C2[C@@H]4C[C@@](C)(C(=O)N(O)CCO)CC[C@]4(C)CC[C@]23C)C1(C)C. The number of nitrogens with one attached hydrogen (secondary N) is 1. The van der Waals surface area contributed by atoms with Gasteiger partial charge in [-0.25, -0.2) is 5.06 Å². The Balaban J connectivity index is 1.54. The van der Waals surface area contributed by atoms with Crippen molar-refractivity contribution in [1.29, 1.82) is 0 Å². The molecule has 0 radical (unpaired) electrons. The average molecular weight is 571 g/mol. The van der Waals surface area contributed by atoms with Crippen molar-refractivity contribution >= 4 is 17.6 Å². The fourth-order valence-electron chi connectivity index (χ4n) is 11.4. The van der Waals surface area contributed by atoms with Crippen LogP contribution in [0.25, 0.3) is 0 Å². The van der Waals surface area contributed by atoms with Crippen LogP contribution in [-0.2, 0) is 14.4 Å². The molecule has 1 unspecified atom stereocenters. The van der Waals surface area contributed by atoms with Crippen LogP contribution in [0.2, 0.25) is 0 Å². The lowest BCUT2D eigenvalue weighted by molar-refractivity contribution is -0.193. The number of hydrogen-bond acceptors (Lipinski definition) is 5. The van der Waals surface area contributed by atoms with Crippen molar-refractivity contribution < 1.29 is 24.7 Å². The average Bonchev–Trinajstić information content (AvgIpc) is 2.87. The first kappa shape index (κ1) is 30.7. The molecule has 41 heavy (non-hydrogen) atoms. The zero-order valence-corrected chi connectivity index (χ0v) is 26.7. The Kier molecular flexibility index (Phi) is 7.22. The molecule has 9 atom stereocenters. The third kappa shape index (κ3) is 4.22. The molecule has 4 fully saturated rings. The van der Waals surface area contributed by atoms with Crippen LogP contribution in [0.3, 0.4) is 0 Å². The van der Waals surface area contributed by atoms with E-state index < -0.39 is 5.41 Å². The van der Waals surface area contributed by atoms with E-state index in [1.165, 1.54) is 5.57 Å². The molecule has 0 heterocycles. The third-order valence-electron chi connectivity index (χ3n) is 14.0. The quantitative estimate of drug-likeness (QED) is 0.298. The minimum atomic E-state index is -0.732. The zero-order valence-electron chi connectivity index (χ0n) is 26.7. The van der Waals surface area contributed by atoms with Gasteiger partial charge in [0.2, 0.25) is 5.91 Å². The van der Waals surface area contributed by atoms with Crippen molar-refractivity contribution in [2.75, 3.05) is 13.2 Å². The van der Waals surface area contributed by atoms with Crippen molar-refractivity contribution in [1.82, 2.24) is 10.4 Å². The van der Waals surface area contributed by atoms with Crippen molar-refractivity contribution in [3.63, 3.8) is 0 Å². The Morgan fingerprint density at radius 2 is 1.63 bits per heavy atom. The maximum Gasteiger partial charge on any atom is 0.251 e. The Labute approximate surface area is 246 Å². The van der Waals surface area contributed by atoms with E-state index >= 15 is 0 Å². The number of hydroxylamine groups is 2. The molecule has 0 aromatic heterocycles. The number of allylic oxidation sites excluding steroid dienone is 2. The summed E-state index contributed by atoms with van der Waals surface area (Å²) >= 11 is 0. The van der Waals surface area contributed by atoms with Crippen molar-refractivity contribution in [3.05, 3.63) is 11.6 Å². The summed E-state index contributed by atoms with van der Waals surface area (Å²) < 4.78 is 0. The number of ketones is 1. The van der Waals surface area contributed by atoms with E-state index in [4.69, 9.17) is 0 Å². The van der Waals surface area contributed by atoms with Crippen LogP contribution >= 0.6 is 0 Å². The van der Waals surface area contributed by atoms with Gasteiger partial charge in [0.15, 0.2) is 5.78 Å². The van der Waals surface area contributed by atoms with Crippen LogP contribution in [0.5, 0.6) is 0 Å². The molecular formula is C34H54N2O5. The number of aliphatic hydroxyl groups is 1. The van der Waals surface area contributed by atoms with Gasteiger partial charge in [-0.15, -0.1) is 0 Å². The van der Waals surface area contributed by atoms with Gasteiger partial charge in [0.25, 0.3) is 5.91 Å². The van der Waals surface area contributed by atoms with E-state index in [1.54, 1.807) is 6.92 Å². The molecule has 7 heteroatoms. The lowest BCUT2D eigenvalue weighted by atomic mass is 9.33. The van der Waals surface area contributed by atoms with E-state index in [0.29, 0.717) is 23.8 Å². The van der Waals surface area contributed by atoms with Gasteiger partial charge in [-0.1, -0.05) is 54.0 Å². The third-order valence-corrected chi connectivity index (χ3v) is 14.0. The molecule has 0 bridgehead atoms. The van der Waals surface area contributed by atoms with Crippen molar-refractivity contribution in [3.8, 4) is 0 Å². The highest BCUT2D eigenvalue weighted by atomic mass is 16.5. The van der Waals surface area contributed by atoms with Crippen molar-refractivity contribution in [2.45, 2.75) is 119 Å². The Morgan fingerprint density at radius 3 is 2.27 bits per heavy atom. The summed E-state index contributed by atoms with van der Waals surface area (Å²) in [7, 11) is 0. The van der Waals surface area contributed by atoms with E-state index in [-0.39, 0.29) is 75.7 Å². The topological polar surface area (TPSA) is 107 Å². The summed E-state index contributed by atoms with van der Waals surface area (Å²) in [6.45, 7) is 17.3. The van der Waals surface area contributed by atoms with Gasteiger partial charge in [-0.05, 0) is 103 Å². The molecule has 4 saturated carbocycles. The van der Waals surface area contributed by atoms with Crippen LogP contribution in [0.4, 0.5) is 0 Å². The van der Waals surface area contributed by atoms with Gasteiger partial charge in [0, 0.05) is 24.3 Å². The highest BCUT2D eigenvalue weighted by Gasteiger charge is 2.70. The van der Waals surface area contributed by atoms with Crippen LogP contribution < -0.4 is 5.32 Å². The monoisotopic (exact) mass is 570 g/mol. The smallest absolute Gasteiger partial charge is 0.251 e. The molecule has 7 nitrogen and oxygen atoms in total. The predicted molar refractivity (Wildman–Crippen MR) is 158 cm³/mol. The van der Waals surface area contributed by atoms with Crippen LogP contribution in [0.15, 0.2) is 11.6 Å². The number of amides is 2. The van der Waals surface area contributed by atoms with Crippen LogP contribution in [0, 0.1) is 50.2 Å². The summed E-state index contributed by atoms with van der Waals surface area (Å²) in [5.74, 6) is 0.327. The number of carbonyl (C=O) groups excluding carboxylic acids is 3. The predicted octanol–water partition coefficient (Wildman–Crippen LogP) is 5.68. The molecule has 0 saturated heterocycles. The first-order valence-electron chi connectivity index (χ1n) is 16.0. The first-order valence-corrected chi connectivity index (χ1v) is 16.0. The van der Waals surface area contributed by atoms with E-state index in [0.717, 1.165) is 44.9 Å². The molecule has 5 rings (SSSR count). The standard InChI is InChI=1S/C34H54N2O5/c1-21(38)35-26-10-11-32(6)25(29(26,2)3)9-12-34(8)27(32)24(39)19-22-23-20-31(5,28(40)36(41)17-18-37)14-13-30(23,4)15-16-33(22,34)7/h19,23,25-27,37,41H,9-18,20H2,1-8H3,(H,35,38)/t23-,25?,26-,27+,30+,31-,32-,33+,34+/m0/s1. The lowest BCUT2D eigenvalue weighted by Gasteiger charge is -2.70. The largest absolute Gasteiger partial charge is 0.394 e. The van der Waals surface area contributed by atoms with Crippen LogP contribution in [0.1, 0.15) is 113 Å². The number of aliphatic hydroxyl groups excluding tert-OH is 1. The molecule has 5 aliphatic carbocycles. The minimum Gasteiger partial charge on any atom is -0.394 e. The number of rotatable bonds is 4. The zero-order chi connectivity index (χ0) is 30.4. The number of fused-ring (bicyclic) bond motifs is 7. The maximum absolute atomic E-state index is 14.5. The highest BCUT2D eigenvalue weighted by Crippen LogP contribution is 2.75. The minimum absolute atomic E-state index is 0.0186. The molecule has 0 aliphatic heterocycles. The summed E-state index contributed by atoms with van der Waals surface area (Å²) in [6.07, 6.45) is 10.2. The maximum atomic E-state index is 14.5. The first-order chi connectivity index (χ1) is 18.9. The van der Waals surface area contributed by atoms with Gasteiger partial charge in [-0.2, -0.15) is 0 Å². The summed E-state index contributed by atoms with van der Waals surface area (Å²) in [4.78, 5) is 40.0. The second kappa shape index (κ2) is 9.64. The van der Waals surface area contributed by atoms with Gasteiger partial charge < -0.3 is 10.4 Å². The van der Waals surface area contributed by atoms with Gasteiger partial charge in [0.1, 0.15) is 0 Å². The van der Waals surface area contributed by atoms with Gasteiger partial charge >= 0.3 is 0 Å². The molecular weight excluding hydrogens is 516 g/mol. The van der Waals surface area contributed by atoms with E-state index in [2.05, 4.69) is 46.9 Å². The molecule has 2 amide bonds. The fourth-order valence-corrected chi connectivity index (χ4v) is 11.4. The number of carbonyl (C=O) groups is 3. The van der Waals surface area contributed by atoms with Crippen molar-refractivity contribution in [2.24, 2.45) is 50.2 Å². The summed E-state index contributed by atoms with van der Waals surface area (Å²) in [5, 5.41) is 23.7. The molecule has 0 aromatic carbocycles. The van der Waals surface area contributed by atoms with E-state index in [1.807, 2.05) is 13.0 Å². The molecule has 5 aliphatic rings. The summed E-state index contributed by atoms with van der Waals surface area (Å²) in [6, 6.07) is 0.118.